The van der Waals surface area contributed by atoms with Crippen LogP contribution in [-0.4, -0.2) is 42.0 Å². The lowest BCUT2D eigenvalue weighted by atomic mass is 9.97. The van der Waals surface area contributed by atoms with Crippen LogP contribution in [0.2, 0.25) is 0 Å². The molecule has 0 aliphatic carbocycles. The third-order valence-electron chi connectivity index (χ3n) is 5.57. The number of methoxy groups -OCH3 is 1. The third kappa shape index (κ3) is 4.18. The fourth-order valence-corrected chi connectivity index (χ4v) is 4.00. The Bertz CT molecular complexity index is 1160. The molecule has 2 N–H and O–H groups in total. The van der Waals surface area contributed by atoms with E-state index in [0.717, 1.165) is 42.1 Å². The molecule has 2 aliphatic rings. The number of alkyl halides is 3. The van der Waals surface area contributed by atoms with Crippen LogP contribution in [0.15, 0.2) is 64.9 Å². The number of ether oxygens (including phenoxy) is 1. The summed E-state index contributed by atoms with van der Waals surface area (Å²) in [7, 11) is 1.41. The number of fused-ring (bicyclic) bond motifs is 2. The smallest absolute Gasteiger partial charge is 0.409 e. The molecule has 0 radical (unpaired) electrons. The SMILES string of the molecule is CCNCCCn1c(=O)ccc2cc(C3=CC=C(OC)N4NC(C(F)(F)F)C=C34)ccc21. The van der Waals surface area contributed by atoms with Gasteiger partial charge in [-0.2, -0.15) is 13.2 Å². The van der Waals surface area contributed by atoms with Gasteiger partial charge in [0.05, 0.1) is 18.3 Å². The lowest BCUT2D eigenvalue weighted by molar-refractivity contribution is -0.149. The monoisotopic (exact) mass is 446 g/mol. The van der Waals surface area contributed by atoms with Crippen molar-refractivity contribution in [1.82, 2.24) is 20.3 Å². The molecule has 32 heavy (non-hydrogen) atoms. The largest absolute Gasteiger partial charge is 0.481 e. The van der Waals surface area contributed by atoms with E-state index in [1.807, 2.05) is 25.1 Å². The van der Waals surface area contributed by atoms with Crippen molar-refractivity contribution in [2.24, 2.45) is 0 Å². The highest BCUT2D eigenvalue weighted by Gasteiger charge is 2.45. The van der Waals surface area contributed by atoms with Crippen molar-refractivity contribution in [1.29, 1.82) is 0 Å². The maximum Gasteiger partial charge on any atom is 0.409 e. The molecule has 0 spiro atoms. The van der Waals surface area contributed by atoms with E-state index in [1.54, 1.807) is 22.8 Å². The number of halogens is 3. The molecule has 1 unspecified atom stereocenters. The molecule has 1 atom stereocenters. The molecule has 4 rings (SSSR count). The van der Waals surface area contributed by atoms with Crippen LogP contribution in [0, 0.1) is 0 Å². The first kappa shape index (κ1) is 22.2. The van der Waals surface area contributed by atoms with Crippen LogP contribution in [0.5, 0.6) is 0 Å². The molecule has 6 nitrogen and oxygen atoms in total. The van der Waals surface area contributed by atoms with Gasteiger partial charge >= 0.3 is 6.18 Å². The Hall–Kier alpha value is -3.04. The van der Waals surface area contributed by atoms with Gasteiger partial charge in [-0.3, -0.25) is 4.79 Å². The Morgan fingerprint density at radius 3 is 2.72 bits per heavy atom. The average molecular weight is 446 g/mol. The second-order valence-electron chi connectivity index (χ2n) is 7.63. The van der Waals surface area contributed by atoms with Crippen LogP contribution >= 0.6 is 0 Å². The topological polar surface area (TPSA) is 58.5 Å². The minimum Gasteiger partial charge on any atom is -0.481 e. The summed E-state index contributed by atoms with van der Waals surface area (Å²) < 4.78 is 47.0. The molecule has 1 aromatic heterocycles. The molecule has 0 saturated heterocycles. The van der Waals surface area contributed by atoms with Gasteiger partial charge in [-0.05, 0) is 60.8 Å². The minimum atomic E-state index is -4.43. The number of allylic oxidation sites excluding steroid dienone is 3. The fraction of sp³-hybridized carbons (Fsp3) is 0.348. The van der Waals surface area contributed by atoms with Crippen molar-refractivity contribution < 1.29 is 17.9 Å². The number of benzene rings is 1. The van der Waals surface area contributed by atoms with Crippen LogP contribution in [0.4, 0.5) is 13.2 Å². The van der Waals surface area contributed by atoms with Gasteiger partial charge in [0, 0.05) is 24.3 Å². The van der Waals surface area contributed by atoms with Crippen molar-refractivity contribution in [3.05, 3.63) is 76.1 Å². The summed E-state index contributed by atoms with van der Waals surface area (Å²) in [5.74, 6) is 0.280. The third-order valence-corrected chi connectivity index (χ3v) is 5.57. The molecule has 2 aliphatic heterocycles. The Morgan fingerprint density at radius 2 is 2.00 bits per heavy atom. The van der Waals surface area contributed by atoms with E-state index in [1.165, 1.54) is 18.2 Å². The summed E-state index contributed by atoms with van der Waals surface area (Å²) in [4.78, 5) is 12.4. The number of aryl methyl sites for hydroxylation is 1. The van der Waals surface area contributed by atoms with Crippen molar-refractivity contribution in [3.8, 4) is 0 Å². The first-order valence-electron chi connectivity index (χ1n) is 10.5. The van der Waals surface area contributed by atoms with Crippen molar-refractivity contribution in [2.75, 3.05) is 20.2 Å². The van der Waals surface area contributed by atoms with Gasteiger partial charge < -0.3 is 14.6 Å². The number of hydrazine groups is 1. The van der Waals surface area contributed by atoms with Crippen molar-refractivity contribution in [2.45, 2.75) is 32.1 Å². The maximum atomic E-state index is 13.4. The number of nitrogens with one attached hydrogen (secondary N) is 2. The Kier molecular flexibility index (Phi) is 6.12. The van der Waals surface area contributed by atoms with Crippen LogP contribution in [0.1, 0.15) is 18.9 Å². The van der Waals surface area contributed by atoms with Crippen molar-refractivity contribution in [3.63, 3.8) is 0 Å². The molecule has 0 amide bonds. The van der Waals surface area contributed by atoms with E-state index in [0.29, 0.717) is 17.8 Å². The highest BCUT2D eigenvalue weighted by atomic mass is 19.4. The van der Waals surface area contributed by atoms with Crippen LogP contribution < -0.4 is 16.3 Å². The zero-order valence-electron chi connectivity index (χ0n) is 17.9. The molecule has 3 heterocycles. The molecule has 9 heteroatoms. The zero-order valence-corrected chi connectivity index (χ0v) is 17.9. The number of aromatic nitrogens is 1. The summed E-state index contributed by atoms with van der Waals surface area (Å²) in [6.07, 6.45) is 0.917. The van der Waals surface area contributed by atoms with Gasteiger partial charge in [-0.1, -0.05) is 13.0 Å². The predicted molar refractivity (Wildman–Crippen MR) is 117 cm³/mol. The number of nitrogens with zero attached hydrogens (tertiary/aromatic N) is 2. The van der Waals surface area contributed by atoms with Crippen LogP contribution in [0.3, 0.4) is 0 Å². The van der Waals surface area contributed by atoms with Gasteiger partial charge in [-0.15, -0.1) is 0 Å². The van der Waals surface area contributed by atoms with Crippen LogP contribution in [-0.2, 0) is 11.3 Å². The van der Waals surface area contributed by atoms with E-state index >= 15 is 0 Å². The summed E-state index contributed by atoms with van der Waals surface area (Å²) in [6, 6.07) is 7.05. The summed E-state index contributed by atoms with van der Waals surface area (Å²) in [6.45, 7) is 4.31. The Labute approximate surface area is 183 Å². The Balaban J connectivity index is 1.71. The molecule has 1 aromatic carbocycles. The summed E-state index contributed by atoms with van der Waals surface area (Å²) >= 11 is 0. The number of hydrogen-bond acceptors (Lipinski definition) is 5. The molecule has 0 saturated carbocycles. The lowest BCUT2D eigenvalue weighted by Crippen LogP contribution is -2.44. The number of hydrogen-bond donors (Lipinski definition) is 2. The van der Waals surface area contributed by atoms with Gasteiger partial charge in [0.25, 0.3) is 5.56 Å². The maximum absolute atomic E-state index is 13.4. The molecule has 2 aromatic rings. The molecular weight excluding hydrogens is 421 g/mol. The lowest BCUT2D eigenvalue weighted by Gasteiger charge is -2.29. The van der Waals surface area contributed by atoms with E-state index in [-0.39, 0.29) is 11.4 Å². The normalized spacial score (nSPS) is 18.3. The van der Waals surface area contributed by atoms with Gasteiger partial charge in [-0.25, -0.2) is 10.4 Å². The molecule has 170 valence electrons. The van der Waals surface area contributed by atoms with E-state index in [4.69, 9.17) is 4.74 Å². The van der Waals surface area contributed by atoms with Crippen molar-refractivity contribution >= 4 is 16.5 Å². The van der Waals surface area contributed by atoms with Gasteiger partial charge in [0.1, 0.15) is 6.04 Å². The van der Waals surface area contributed by atoms with Gasteiger partial charge in [0.2, 0.25) is 5.88 Å². The van der Waals surface area contributed by atoms with E-state index in [2.05, 4.69) is 10.7 Å². The average Bonchev–Trinajstić information content (AvgIpc) is 3.23. The summed E-state index contributed by atoms with van der Waals surface area (Å²) in [5.41, 5.74) is 4.94. The molecular formula is C23H25F3N4O2. The van der Waals surface area contributed by atoms with E-state index < -0.39 is 12.2 Å². The molecule has 0 bridgehead atoms. The first-order chi connectivity index (χ1) is 15.3. The van der Waals surface area contributed by atoms with E-state index in [9.17, 15) is 18.0 Å². The second kappa shape index (κ2) is 8.84. The highest BCUT2D eigenvalue weighted by molar-refractivity contribution is 5.88. The van der Waals surface area contributed by atoms with Gasteiger partial charge in [0.15, 0.2) is 0 Å². The first-order valence-corrected chi connectivity index (χ1v) is 10.5. The minimum absolute atomic E-state index is 0.0757. The summed E-state index contributed by atoms with van der Waals surface area (Å²) in [5, 5.41) is 5.41. The zero-order chi connectivity index (χ0) is 22.9. The van der Waals surface area contributed by atoms with Crippen LogP contribution in [0.25, 0.3) is 16.5 Å². The Morgan fingerprint density at radius 1 is 1.19 bits per heavy atom. The quantitative estimate of drug-likeness (QED) is 0.638. The number of pyridine rings is 1. The second-order valence-corrected chi connectivity index (χ2v) is 7.63. The standard InChI is InChI=1S/C23H25F3N4O2/c1-3-27-11-4-12-29-18-8-5-15(13-16(18)6-9-21(29)31)17-7-10-22(32-2)30-19(17)14-20(28-30)23(24,25)26/h5-10,13-14,20,27-28H,3-4,11-12H2,1-2H3. The number of rotatable bonds is 7. The predicted octanol–water partition coefficient (Wildman–Crippen LogP) is 3.52. The highest BCUT2D eigenvalue weighted by Crippen LogP contribution is 2.38. The molecule has 0 fully saturated rings. The fourth-order valence-electron chi connectivity index (χ4n) is 4.00.